The third kappa shape index (κ3) is 10.4. The van der Waals surface area contributed by atoms with Crippen LogP contribution >= 0.6 is 0 Å². The Kier molecular flexibility index (Phi) is 13.1. The lowest BCUT2D eigenvalue weighted by Crippen LogP contribution is -2.59. The van der Waals surface area contributed by atoms with E-state index in [1.807, 2.05) is 34.6 Å². The molecule has 0 bridgehead atoms. The van der Waals surface area contributed by atoms with Crippen LogP contribution in [0.25, 0.3) is 0 Å². The van der Waals surface area contributed by atoms with Gasteiger partial charge in [0.1, 0.15) is 18.1 Å². The third-order valence-corrected chi connectivity index (χ3v) is 5.43. The molecule has 6 N–H and O–H groups in total. The molecule has 32 heavy (non-hydrogen) atoms. The first kappa shape index (κ1) is 29.8. The van der Waals surface area contributed by atoms with Crippen LogP contribution in [0.1, 0.15) is 74.7 Å². The SMILES string of the molecule is CCC(C)C(NC(=O)C(CC(C)C)NC(=O)C(NC(=O)C(N)CC(C)C)C(C)C)C(=O)O. The summed E-state index contributed by atoms with van der Waals surface area (Å²) in [7, 11) is 0. The van der Waals surface area contributed by atoms with Crippen LogP contribution in [-0.4, -0.2) is 53.0 Å². The van der Waals surface area contributed by atoms with Gasteiger partial charge in [0.15, 0.2) is 0 Å². The number of carbonyl (C=O) groups excluding carboxylic acids is 3. The molecule has 0 rings (SSSR count). The number of aliphatic carboxylic acids is 1. The first-order valence-corrected chi connectivity index (χ1v) is 11.6. The molecule has 5 atom stereocenters. The van der Waals surface area contributed by atoms with Crippen molar-refractivity contribution < 1.29 is 24.3 Å². The molecule has 3 amide bonds. The van der Waals surface area contributed by atoms with Gasteiger partial charge >= 0.3 is 5.97 Å². The van der Waals surface area contributed by atoms with E-state index in [9.17, 15) is 24.3 Å². The first-order chi connectivity index (χ1) is 14.7. The predicted molar refractivity (Wildman–Crippen MR) is 125 cm³/mol. The van der Waals surface area contributed by atoms with E-state index < -0.39 is 47.9 Å². The van der Waals surface area contributed by atoms with Gasteiger partial charge in [-0.2, -0.15) is 0 Å². The molecule has 9 nitrogen and oxygen atoms in total. The largest absolute Gasteiger partial charge is 0.480 e. The highest BCUT2D eigenvalue weighted by Crippen LogP contribution is 2.12. The summed E-state index contributed by atoms with van der Waals surface area (Å²) in [6.45, 7) is 14.9. The number of carboxylic acid groups (broad SMARTS) is 1. The number of nitrogens with two attached hydrogens (primary N) is 1. The fourth-order valence-electron chi connectivity index (χ4n) is 3.31. The molecule has 0 saturated carbocycles. The highest BCUT2D eigenvalue weighted by Gasteiger charge is 2.33. The first-order valence-electron chi connectivity index (χ1n) is 11.6. The zero-order chi connectivity index (χ0) is 25.2. The van der Waals surface area contributed by atoms with Gasteiger partial charge in [-0.05, 0) is 36.5 Å². The molecule has 9 heteroatoms. The van der Waals surface area contributed by atoms with Crippen LogP contribution in [0.3, 0.4) is 0 Å². The maximum atomic E-state index is 13.0. The van der Waals surface area contributed by atoms with Crippen molar-refractivity contribution in [1.82, 2.24) is 16.0 Å². The minimum Gasteiger partial charge on any atom is -0.480 e. The molecule has 0 aliphatic heterocycles. The average Bonchev–Trinajstić information content (AvgIpc) is 2.66. The summed E-state index contributed by atoms with van der Waals surface area (Å²) in [5.74, 6) is -2.78. The fourth-order valence-corrected chi connectivity index (χ4v) is 3.31. The van der Waals surface area contributed by atoms with Crippen molar-refractivity contribution >= 4 is 23.7 Å². The van der Waals surface area contributed by atoms with Crippen LogP contribution in [0, 0.1) is 23.7 Å². The fraction of sp³-hybridized carbons (Fsp3) is 0.826. The van der Waals surface area contributed by atoms with Gasteiger partial charge in [0.25, 0.3) is 0 Å². The minimum absolute atomic E-state index is 0.0736. The van der Waals surface area contributed by atoms with Crippen molar-refractivity contribution in [1.29, 1.82) is 0 Å². The van der Waals surface area contributed by atoms with Gasteiger partial charge in [-0.3, -0.25) is 14.4 Å². The summed E-state index contributed by atoms with van der Waals surface area (Å²) in [5.41, 5.74) is 5.94. The van der Waals surface area contributed by atoms with Crippen molar-refractivity contribution in [2.45, 2.75) is 98.8 Å². The van der Waals surface area contributed by atoms with E-state index in [1.54, 1.807) is 20.8 Å². The van der Waals surface area contributed by atoms with E-state index in [0.29, 0.717) is 19.3 Å². The molecule has 0 aromatic rings. The number of nitrogens with one attached hydrogen (secondary N) is 3. The van der Waals surface area contributed by atoms with Crippen molar-refractivity contribution in [3.63, 3.8) is 0 Å². The van der Waals surface area contributed by atoms with Crippen LogP contribution in [-0.2, 0) is 19.2 Å². The summed E-state index contributed by atoms with van der Waals surface area (Å²) in [6, 6.07) is -3.57. The Labute approximate surface area is 192 Å². The molecule has 0 aliphatic carbocycles. The van der Waals surface area contributed by atoms with E-state index in [1.165, 1.54) is 0 Å². The summed E-state index contributed by atoms with van der Waals surface area (Å²) >= 11 is 0. The number of hydrogen-bond acceptors (Lipinski definition) is 5. The van der Waals surface area contributed by atoms with Crippen LogP contribution in [0.15, 0.2) is 0 Å². The smallest absolute Gasteiger partial charge is 0.326 e. The van der Waals surface area contributed by atoms with Gasteiger partial charge in [0, 0.05) is 0 Å². The maximum absolute atomic E-state index is 13.0. The van der Waals surface area contributed by atoms with Crippen molar-refractivity contribution in [2.75, 3.05) is 0 Å². The number of rotatable bonds is 14. The molecule has 0 heterocycles. The Morgan fingerprint density at radius 2 is 1.25 bits per heavy atom. The second-order valence-electron chi connectivity index (χ2n) is 9.87. The Bertz CT molecular complexity index is 636. The van der Waals surface area contributed by atoms with Gasteiger partial charge in [-0.25, -0.2) is 4.79 Å². The van der Waals surface area contributed by atoms with E-state index in [2.05, 4.69) is 16.0 Å². The Balaban J connectivity index is 5.47. The van der Waals surface area contributed by atoms with E-state index >= 15 is 0 Å². The predicted octanol–water partition coefficient (Wildman–Crippen LogP) is 1.65. The molecule has 0 radical (unpaired) electrons. The summed E-state index contributed by atoms with van der Waals surface area (Å²) < 4.78 is 0. The quantitative estimate of drug-likeness (QED) is 0.268. The minimum atomic E-state index is -1.12. The number of amides is 3. The topological polar surface area (TPSA) is 151 Å². The normalized spacial score (nSPS) is 16.2. The molecule has 0 aliphatic rings. The van der Waals surface area contributed by atoms with Crippen molar-refractivity contribution in [3.05, 3.63) is 0 Å². The molecular weight excluding hydrogens is 412 g/mol. The summed E-state index contributed by atoms with van der Waals surface area (Å²) in [6.07, 6.45) is 1.40. The summed E-state index contributed by atoms with van der Waals surface area (Å²) in [5, 5.41) is 17.5. The molecule has 0 saturated heterocycles. The van der Waals surface area contributed by atoms with Gasteiger partial charge in [0.05, 0.1) is 6.04 Å². The number of carbonyl (C=O) groups is 4. The maximum Gasteiger partial charge on any atom is 0.326 e. The molecule has 0 fully saturated rings. The Hall–Kier alpha value is -2.16. The van der Waals surface area contributed by atoms with E-state index in [0.717, 1.165) is 0 Å². The van der Waals surface area contributed by atoms with Gasteiger partial charge in [-0.15, -0.1) is 0 Å². The van der Waals surface area contributed by atoms with Crippen LogP contribution < -0.4 is 21.7 Å². The van der Waals surface area contributed by atoms with Gasteiger partial charge in [-0.1, -0.05) is 61.8 Å². The highest BCUT2D eigenvalue weighted by atomic mass is 16.4. The number of hydrogen-bond donors (Lipinski definition) is 5. The van der Waals surface area contributed by atoms with Crippen LogP contribution in [0.5, 0.6) is 0 Å². The monoisotopic (exact) mass is 456 g/mol. The molecule has 0 spiro atoms. The van der Waals surface area contributed by atoms with Crippen molar-refractivity contribution in [2.24, 2.45) is 29.4 Å². The average molecular weight is 457 g/mol. The number of carboxylic acids is 1. The van der Waals surface area contributed by atoms with Gasteiger partial charge in [0.2, 0.25) is 17.7 Å². The van der Waals surface area contributed by atoms with Crippen LogP contribution in [0.4, 0.5) is 0 Å². The molecule has 0 aromatic heterocycles. The lowest BCUT2D eigenvalue weighted by Gasteiger charge is -2.28. The molecule has 186 valence electrons. The third-order valence-electron chi connectivity index (χ3n) is 5.43. The van der Waals surface area contributed by atoms with Crippen LogP contribution in [0.2, 0.25) is 0 Å². The Morgan fingerprint density at radius 3 is 1.66 bits per heavy atom. The lowest BCUT2D eigenvalue weighted by atomic mass is 9.96. The van der Waals surface area contributed by atoms with Crippen molar-refractivity contribution in [3.8, 4) is 0 Å². The summed E-state index contributed by atoms with van der Waals surface area (Å²) in [4.78, 5) is 50.0. The standard InChI is InChI=1S/C23H44N4O5/c1-9-15(8)19(23(31)32)27-21(29)17(11-13(4)5)25-22(30)18(14(6)7)26-20(28)16(24)10-12(2)3/h12-19H,9-11,24H2,1-8H3,(H,25,30)(H,26,28)(H,27,29)(H,31,32). The molecule has 0 aromatic carbocycles. The molecule has 5 unspecified atom stereocenters. The Morgan fingerprint density at radius 1 is 0.750 bits per heavy atom. The highest BCUT2D eigenvalue weighted by molar-refractivity contribution is 5.94. The second kappa shape index (κ2) is 14.1. The second-order valence-corrected chi connectivity index (χ2v) is 9.87. The zero-order valence-corrected chi connectivity index (χ0v) is 20.9. The zero-order valence-electron chi connectivity index (χ0n) is 20.9. The lowest BCUT2D eigenvalue weighted by molar-refractivity contribution is -0.144. The molecular formula is C23H44N4O5. The van der Waals surface area contributed by atoms with Gasteiger partial charge < -0.3 is 26.8 Å². The van der Waals surface area contributed by atoms with E-state index in [-0.39, 0.29) is 23.7 Å². The van der Waals surface area contributed by atoms with E-state index in [4.69, 9.17) is 5.73 Å².